The lowest BCUT2D eigenvalue weighted by Gasteiger charge is -2.41. The molecule has 10 rings (SSSR count). The molecular weight excluding hydrogens is 583 g/mol. The molecule has 3 heterocycles. The quantitative estimate of drug-likeness (QED) is 0.198. The van der Waals surface area contributed by atoms with Gasteiger partial charge in [0.25, 0.3) is 0 Å². The van der Waals surface area contributed by atoms with Crippen LogP contribution in [0.5, 0.6) is 0 Å². The Bertz CT molecular complexity index is 2660. The van der Waals surface area contributed by atoms with Crippen LogP contribution in [0.3, 0.4) is 0 Å². The lowest BCUT2D eigenvalue weighted by molar-refractivity contribution is 0.728. The first-order chi connectivity index (χ1) is 23.8. The van der Waals surface area contributed by atoms with E-state index in [1.165, 1.54) is 49.7 Å². The molecule has 0 amide bonds. The van der Waals surface area contributed by atoms with E-state index < -0.39 is 5.41 Å². The molecule has 0 aliphatic carbocycles. The molecule has 0 bridgehead atoms. The number of benzene rings is 7. The van der Waals surface area contributed by atoms with E-state index in [4.69, 9.17) is 9.97 Å². The minimum atomic E-state index is -0.542. The van der Waals surface area contributed by atoms with Gasteiger partial charge in [-0.15, -0.1) is 0 Å². The summed E-state index contributed by atoms with van der Waals surface area (Å²) in [6.45, 7) is 0. The van der Waals surface area contributed by atoms with Crippen LogP contribution in [0.4, 0.5) is 0 Å². The molecule has 0 spiro atoms. The molecule has 2 aromatic heterocycles. The maximum Gasteiger partial charge on any atom is 0.160 e. The summed E-state index contributed by atoms with van der Waals surface area (Å²) >= 11 is 0. The zero-order valence-corrected chi connectivity index (χ0v) is 26.1. The van der Waals surface area contributed by atoms with Crippen LogP contribution in [0.25, 0.3) is 61.0 Å². The van der Waals surface area contributed by atoms with Gasteiger partial charge in [0, 0.05) is 27.3 Å². The minimum Gasteiger partial charge on any atom is -0.309 e. The van der Waals surface area contributed by atoms with Crippen molar-refractivity contribution in [2.45, 2.75) is 5.41 Å². The maximum absolute atomic E-state index is 5.17. The molecular formula is C45H29N3. The van der Waals surface area contributed by atoms with Crippen molar-refractivity contribution in [2.24, 2.45) is 0 Å². The van der Waals surface area contributed by atoms with Crippen LogP contribution in [0.2, 0.25) is 0 Å². The largest absolute Gasteiger partial charge is 0.309 e. The maximum atomic E-state index is 5.17. The third-order valence-corrected chi connectivity index (χ3v) is 10.1. The van der Waals surface area contributed by atoms with Crippen molar-refractivity contribution >= 4 is 32.7 Å². The van der Waals surface area contributed by atoms with Crippen LogP contribution in [0.15, 0.2) is 176 Å². The molecule has 1 atom stereocenters. The molecule has 224 valence electrons. The third-order valence-electron chi connectivity index (χ3n) is 10.1. The van der Waals surface area contributed by atoms with Crippen LogP contribution in [-0.2, 0) is 5.41 Å². The summed E-state index contributed by atoms with van der Waals surface area (Å²) in [5, 5.41) is 3.59. The van der Waals surface area contributed by atoms with Crippen molar-refractivity contribution in [1.29, 1.82) is 0 Å². The van der Waals surface area contributed by atoms with Gasteiger partial charge in [0.2, 0.25) is 0 Å². The van der Waals surface area contributed by atoms with E-state index in [1.807, 2.05) is 12.1 Å². The third kappa shape index (κ3) is 3.70. The Labute approximate surface area is 278 Å². The van der Waals surface area contributed by atoms with E-state index in [9.17, 15) is 0 Å². The van der Waals surface area contributed by atoms with Gasteiger partial charge < -0.3 is 4.57 Å². The van der Waals surface area contributed by atoms with Crippen molar-refractivity contribution in [1.82, 2.24) is 14.5 Å². The summed E-state index contributed by atoms with van der Waals surface area (Å²) < 4.78 is 2.47. The summed E-state index contributed by atoms with van der Waals surface area (Å²) in [5.41, 5.74) is 12.1. The molecule has 0 fully saturated rings. The first-order valence-corrected chi connectivity index (χ1v) is 16.4. The topological polar surface area (TPSA) is 30.7 Å². The number of hydrogen-bond acceptors (Lipinski definition) is 2. The van der Waals surface area contributed by atoms with Gasteiger partial charge in [-0.25, -0.2) is 9.97 Å². The molecule has 1 unspecified atom stereocenters. The molecule has 0 saturated heterocycles. The van der Waals surface area contributed by atoms with E-state index in [-0.39, 0.29) is 0 Å². The molecule has 9 aromatic rings. The van der Waals surface area contributed by atoms with Crippen molar-refractivity contribution in [3.63, 3.8) is 0 Å². The SMILES string of the molecule is c1ccc(-c2nc(-c3ccc(C4(c5ccccc5)c5ccccc5-n5c6ccccc6c6cccc4c65)cc3)nc3ccccc23)cc1. The number of hydrogen-bond donors (Lipinski definition) is 0. The fraction of sp³-hybridized carbons (Fsp3) is 0.0222. The van der Waals surface area contributed by atoms with Gasteiger partial charge in [0.05, 0.1) is 33.3 Å². The Morgan fingerprint density at radius 3 is 1.88 bits per heavy atom. The van der Waals surface area contributed by atoms with Crippen LogP contribution in [0.1, 0.15) is 22.3 Å². The number of aromatic nitrogens is 3. The van der Waals surface area contributed by atoms with Gasteiger partial charge in [0.1, 0.15) is 0 Å². The summed E-state index contributed by atoms with van der Waals surface area (Å²) in [6.07, 6.45) is 0. The first kappa shape index (κ1) is 26.9. The molecule has 0 saturated carbocycles. The Morgan fingerprint density at radius 1 is 0.417 bits per heavy atom. The van der Waals surface area contributed by atoms with Crippen molar-refractivity contribution < 1.29 is 0 Å². The molecule has 1 aliphatic heterocycles. The zero-order chi connectivity index (χ0) is 31.7. The second-order valence-corrected chi connectivity index (χ2v) is 12.5. The Kier molecular flexibility index (Phi) is 5.79. The van der Waals surface area contributed by atoms with Crippen LogP contribution in [0, 0.1) is 0 Å². The highest BCUT2D eigenvalue weighted by Gasteiger charge is 2.45. The standard InChI is InChI=1S/C45H29N3/c1-3-14-30(15-4-1)42-36-19-7-10-23-39(36)46-44(47-42)31-26-28-33(29-27-31)45(32-16-5-2-6-17-32)37-21-9-12-25-41(37)48-40-24-11-8-18-34(40)35-20-13-22-38(45)43(35)48/h1-29H. The summed E-state index contributed by atoms with van der Waals surface area (Å²) in [5.74, 6) is 0.721. The number of nitrogens with zero attached hydrogens (tertiary/aromatic N) is 3. The molecule has 3 nitrogen and oxygen atoms in total. The minimum absolute atomic E-state index is 0.542. The molecule has 0 N–H and O–H groups in total. The second kappa shape index (κ2) is 10.3. The van der Waals surface area contributed by atoms with Crippen molar-refractivity contribution in [3.8, 4) is 28.3 Å². The normalized spacial score (nSPS) is 15.2. The van der Waals surface area contributed by atoms with E-state index in [0.717, 1.165) is 33.5 Å². The molecule has 1 aliphatic rings. The smallest absolute Gasteiger partial charge is 0.160 e. The first-order valence-electron chi connectivity index (χ1n) is 16.4. The highest BCUT2D eigenvalue weighted by Crippen LogP contribution is 2.54. The fourth-order valence-corrected chi connectivity index (χ4v) is 8.07. The van der Waals surface area contributed by atoms with E-state index in [2.05, 4.69) is 168 Å². The average Bonchev–Trinajstić information content (AvgIpc) is 3.51. The van der Waals surface area contributed by atoms with Crippen LogP contribution >= 0.6 is 0 Å². The van der Waals surface area contributed by atoms with Gasteiger partial charge in [0.15, 0.2) is 5.82 Å². The summed E-state index contributed by atoms with van der Waals surface area (Å²) in [4.78, 5) is 10.2. The molecule has 3 heteroatoms. The Hall–Kier alpha value is -6.32. The Balaban J connectivity index is 1.24. The van der Waals surface area contributed by atoms with Gasteiger partial charge in [-0.3, -0.25) is 0 Å². The summed E-state index contributed by atoms with van der Waals surface area (Å²) in [7, 11) is 0. The number of fused-ring (bicyclic) bond motifs is 6. The number of rotatable bonds is 4. The van der Waals surface area contributed by atoms with Crippen molar-refractivity contribution in [3.05, 3.63) is 198 Å². The average molecular weight is 612 g/mol. The Morgan fingerprint density at radius 2 is 1.04 bits per heavy atom. The van der Waals surface area contributed by atoms with Gasteiger partial charge in [-0.2, -0.15) is 0 Å². The highest BCUT2D eigenvalue weighted by molar-refractivity contribution is 6.12. The van der Waals surface area contributed by atoms with Gasteiger partial charge in [-0.1, -0.05) is 158 Å². The van der Waals surface area contributed by atoms with Gasteiger partial charge >= 0.3 is 0 Å². The lowest BCUT2D eigenvalue weighted by Crippen LogP contribution is -2.35. The van der Waals surface area contributed by atoms with Crippen molar-refractivity contribution in [2.75, 3.05) is 0 Å². The molecule has 7 aromatic carbocycles. The summed E-state index contributed by atoms with van der Waals surface area (Å²) in [6, 6.07) is 63.1. The second-order valence-electron chi connectivity index (χ2n) is 12.5. The molecule has 0 radical (unpaired) electrons. The monoisotopic (exact) mass is 611 g/mol. The van der Waals surface area contributed by atoms with E-state index in [0.29, 0.717) is 0 Å². The number of para-hydroxylation sites is 4. The fourth-order valence-electron chi connectivity index (χ4n) is 8.07. The van der Waals surface area contributed by atoms with E-state index in [1.54, 1.807) is 0 Å². The predicted molar refractivity (Wildman–Crippen MR) is 197 cm³/mol. The van der Waals surface area contributed by atoms with Crippen LogP contribution < -0.4 is 0 Å². The highest BCUT2D eigenvalue weighted by atomic mass is 15.0. The van der Waals surface area contributed by atoms with Gasteiger partial charge in [-0.05, 0) is 40.5 Å². The molecule has 48 heavy (non-hydrogen) atoms. The zero-order valence-electron chi connectivity index (χ0n) is 26.1. The predicted octanol–water partition coefficient (Wildman–Crippen LogP) is 10.8. The lowest BCUT2D eigenvalue weighted by atomic mass is 9.63. The van der Waals surface area contributed by atoms with E-state index >= 15 is 0 Å². The van der Waals surface area contributed by atoms with Crippen LogP contribution in [-0.4, -0.2) is 14.5 Å².